The molecule has 0 saturated heterocycles. The number of anilines is 1. The van der Waals surface area contributed by atoms with Crippen LogP contribution in [-0.2, 0) is 6.54 Å². The van der Waals surface area contributed by atoms with Gasteiger partial charge >= 0.3 is 0 Å². The van der Waals surface area contributed by atoms with E-state index in [1.165, 1.54) is 0 Å². The molecule has 1 aromatic heterocycles. The Morgan fingerprint density at radius 3 is 2.92 bits per heavy atom. The number of nitrogens with two attached hydrogens (primary N) is 1. The van der Waals surface area contributed by atoms with Gasteiger partial charge < -0.3 is 5.73 Å². The Bertz CT molecular complexity index is 447. The summed E-state index contributed by atoms with van der Waals surface area (Å²) in [5.41, 5.74) is 7.55. The van der Waals surface area contributed by atoms with Crippen molar-refractivity contribution in [1.82, 2.24) is 9.78 Å². The lowest BCUT2D eigenvalue weighted by Crippen LogP contribution is -1.95. The Labute approximate surface area is 84.7 Å². The molecule has 2 rings (SSSR count). The maximum atomic E-state index is 5.84. The van der Waals surface area contributed by atoms with Crippen molar-refractivity contribution in [1.29, 1.82) is 0 Å². The number of nitrogen functional groups attached to an aromatic ring is 1. The molecular weight excluding hydrogens is 230 g/mol. The summed E-state index contributed by atoms with van der Waals surface area (Å²) in [6, 6.07) is 5.76. The van der Waals surface area contributed by atoms with Crippen LogP contribution >= 0.6 is 15.9 Å². The van der Waals surface area contributed by atoms with Crippen LogP contribution in [0.3, 0.4) is 0 Å². The molecule has 0 aliphatic heterocycles. The number of nitrogens with zero attached hydrogens (tertiary/aromatic N) is 2. The molecule has 0 fully saturated rings. The molecule has 4 heteroatoms. The maximum absolute atomic E-state index is 5.84. The summed E-state index contributed by atoms with van der Waals surface area (Å²) in [6.07, 6.45) is 0. The lowest BCUT2D eigenvalue weighted by Gasteiger charge is -1.96. The average Bonchev–Trinajstić information content (AvgIpc) is 2.44. The average molecular weight is 240 g/mol. The molecule has 0 saturated carbocycles. The third-order valence-electron chi connectivity index (χ3n) is 2.04. The summed E-state index contributed by atoms with van der Waals surface area (Å²) in [6.45, 7) is 2.89. The molecule has 0 bridgehead atoms. The predicted octanol–water partition coefficient (Wildman–Crippen LogP) is 2.40. The Kier molecular flexibility index (Phi) is 2.00. The number of benzene rings is 1. The van der Waals surface area contributed by atoms with Crippen molar-refractivity contribution in [3.63, 3.8) is 0 Å². The van der Waals surface area contributed by atoms with Crippen molar-refractivity contribution >= 4 is 32.5 Å². The van der Waals surface area contributed by atoms with Crippen LogP contribution in [-0.4, -0.2) is 9.78 Å². The summed E-state index contributed by atoms with van der Waals surface area (Å²) in [5, 5.41) is 5.39. The summed E-state index contributed by atoms with van der Waals surface area (Å²) in [5.74, 6) is 0. The van der Waals surface area contributed by atoms with Crippen LogP contribution in [0.25, 0.3) is 10.9 Å². The molecule has 1 aromatic carbocycles. The Morgan fingerprint density at radius 2 is 2.31 bits per heavy atom. The molecule has 0 aliphatic carbocycles. The molecular formula is C9H10BrN3. The van der Waals surface area contributed by atoms with Gasteiger partial charge in [-0.1, -0.05) is 6.07 Å². The lowest BCUT2D eigenvalue weighted by atomic mass is 10.2. The molecule has 0 spiro atoms. The van der Waals surface area contributed by atoms with E-state index >= 15 is 0 Å². The van der Waals surface area contributed by atoms with E-state index in [0.29, 0.717) is 0 Å². The van der Waals surface area contributed by atoms with Crippen molar-refractivity contribution in [2.75, 3.05) is 5.73 Å². The number of halogens is 1. The van der Waals surface area contributed by atoms with Gasteiger partial charge in [-0.3, -0.25) is 4.68 Å². The highest BCUT2D eigenvalue weighted by Crippen LogP contribution is 2.28. The van der Waals surface area contributed by atoms with Crippen molar-refractivity contribution in [3.05, 3.63) is 22.8 Å². The van der Waals surface area contributed by atoms with Gasteiger partial charge in [-0.05, 0) is 35.0 Å². The first kappa shape index (κ1) is 8.56. The van der Waals surface area contributed by atoms with Crippen LogP contribution in [0.15, 0.2) is 22.8 Å². The number of fused-ring (bicyclic) bond motifs is 1. The first-order valence-corrected chi connectivity index (χ1v) is 4.94. The summed E-state index contributed by atoms with van der Waals surface area (Å²) in [4.78, 5) is 0. The SMILES string of the molecule is CCn1nc2cccc(N)c2c1Br. The van der Waals surface area contributed by atoms with E-state index in [1.807, 2.05) is 29.8 Å². The van der Waals surface area contributed by atoms with E-state index in [4.69, 9.17) is 5.73 Å². The van der Waals surface area contributed by atoms with E-state index < -0.39 is 0 Å². The fourth-order valence-corrected chi connectivity index (χ4v) is 2.14. The number of aryl methyl sites for hydroxylation is 1. The van der Waals surface area contributed by atoms with Crippen molar-refractivity contribution < 1.29 is 0 Å². The zero-order valence-corrected chi connectivity index (χ0v) is 8.87. The van der Waals surface area contributed by atoms with E-state index in [9.17, 15) is 0 Å². The number of rotatable bonds is 1. The van der Waals surface area contributed by atoms with E-state index in [2.05, 4.69) is 21.0 Å². The van der Waals surface area contributed by atoms with Crippen LogP contribution in [0.5, 0.6) is 0 Å². The Morgan fingerprint density at radius 1 is 1.54 bits per heavy atom. The van der Waals surface area contributed by atoms with Gasteiger partial charge in [-0.2, -0.15) is 5.10 Å². The molecule has 2 aromatic rings. The zero-order valence-electron chi connectivity index (χ0n) is 7.29. The third-order valence-corrected chi connectivity index (χ3v) is 2.84. The van der Waals surface area contributed by atoms with Crippen LogP contribution in [0.4, 0.5) is 5.69 Å². The molecule has 0 atom stereocenters. The van der Waals surface area contributed by atoms with E-state index in [1.54, 1.807) is 0 Å². The quantitative estimate of drug-likeness (QED) is 0.778. The normalized spacial score (nSPS) is 10.9. The van der Waals surface area contributed by atoms with Gasteiger partial charge in [0.15, 0.2) is 0 Å². The van der Waals surface area contributed by atoms with Crippen molar-refractivity contribution in [3.8, 4) is 0 Å². The second-order valence-corrected chi connectivity index (χ2v) is 3.60. The minimum absolute atomic E-state index is 0.768. The highest BCUT2D eigenvalue weighted by Gasteiger charge is 2.08. The van der Waals surface area contributed by atoms with Gasteiger partial charge in [-0.25, -0.2) is 0 Å². The molecule has 2 N–H and O–H groups in total. The van der Waals surface area contributed by atoms with Crippen LogP contribution in [0.2, 0.25) is 0 Å². The Hall–Kier alpha value is -1.03. The number of aromatic nitrogens is 2. The van der Waals surface area contributed by atoms with Crippen LogP contribution in [0.1, 0.15) is 6.92 Å². The molecule has 0 amide bonds. The zero-order chi connectivity index (χ0) is 9.42. The van der Waals surface area contributed by atoms with Gasteiger partial charge in [0, 0.05) is 12.2 Å². The summed E-state index contributed by atoms with van der Waals surface area (Å²) in [7, 11) is 0. The highest BCUT2D eigenvalue weighted by molar-refractivity contribution is 9.10. The summed E-state index contributed by atoms with van der Waals surface area (Å²) >= 11 is 3.48. The summed E-state index contributed by atoms with van der Waals surface area (Å²) < 4.78 is 2.85. The van der Waals surface area contributed by atoms with Gasteiger partial charge in [-0.15, -0.1) is 0 Å². The highest BCUT2D eigenvalue weighted by atomic mass is 79.9. The van der Waals surface area contributed by atoms with Gasteiger partial charge in [0.25, 0.3) is 0 Å². The number of hydrogen-bond acceptors (Lipinski definition) is 2. The first-order chi connectivity index (χ1) is 6.24. The molecule has 68 valence electrons. The monoisotopic (exact) mass is 239 g/mol. The van der Waals surface area contributed by atoms with Crippen molar-refractivity contribution in [2.24, 2.45) is 0 Å². The molecule has 3 nitrogen and oxygen atoms in total. The topological polar surface area (TPSA) is 43.8 Å². The molecule has 13 heavy (non-hydrogen) atoms. The molecule has 0 unspecified atom stereocenters. The first-order valence-electron chi connectivity index (χ1n) is 4.14. The minimum Gasteiger partial charge on any atom is -0.398 e. The second-order valence-electron chi connectivity index (χ2n) is 2.85. The predicted molar refractivity (Wildman–Crippen MR) is 57.5 cm³/mol. The van der Waals surface area contributed by atoms with Gasteiger partial charge in [0.1, 0.15) is 4.60 Å². The Balaban J connectivity index is 2.85. The van der Waals surface area contributed by atoms with Crippen molar-refractivity contribution in [2.45, 2.75) is 13.5 Å². The number of hydrogen-bond donors (Lipinski definition) is 1. The maximum Gasteiger partial charge on any atom is 0.114 e. The fourth-order valence-electron chi connectivity index (χ4n) is 1.38. The largest absolute Gasteiger partial charge is 0.398 e. The smallest absolute Gasteiger partial charge is 0.114 e. The molecule has 0 radical (unpaired) electrons. The van der Waals surface area contributed by atoms with E-state index in [0.717, 1.165) is 27.7 Å². The standard InChI is InChI=1S/C9H10BrN3/c1-2-13-9(10)8-6(11)4-3-5-7(8)12-13/h3-5H,2,11H2,1H3. The lowest BCUT2D eigenvalue weighted by molar-refractivity contribution is 0.653. The van der Waals surface area contributed by atoms with Crippen LogP contribution in [0, 0.1) is 0 Å². The minimum atomic E-state index is 0.768. The fraction of sp³-hybridized carbons (Fsp3) is 0.222. The van der Waals surface area contributed by atoms with Crippen LogP contribution < -0.4 is 5.73 Å². The molecule has 1 heterocycles. The third kappa shape index (κ3) is 1.21. The van der Waals surface area contributed by atoms with Gasteiger partial charge in [0.05, 0.1) is 10.9 Å². The van der Waals surface area contributed by atoms with E-state index in [-0.39, 0.29) is 0 Å². The van der Waals surface area contributed by atoms with Gasteiger partial charge in [0.2, 0.25) is 0 Å². The second kappa shape index (κ2) is 3.03. The molecule has 0 aliphatic rings.